The number of nitrogens with zero attached hydrogens (tertiary/aromatic N) is 4. The van der Waals surface area contributed by atoms with Gasteiger partial charge in [-0.1, -0.05) is 23.7 Å². The second-order valence-corrected chi connectivity index (χ2v) is 4.90. The predicted octanol–water partition coefficient (Wildman–Crippen LogP) is 3.62. The fourth-order valence-electron chi connectivity index (χ4n) is 2.32. The fraction of sp³-hybridized carbons (Fsp3) is 0.0625. The molecule has 21 heavy (non-hydrogen) atoms. The highest BCUT2D eigenvalue weighted by Crippen LogP contribution is 2.26. The van der Waals surface area contributed by atoms with Gasteiger partial charge >= 0.3 is 0 Å². The van der Waals surface area contributed by atoms with Crippen LogP contribution in [0.15, 0.2) is 42.5 Å². The molecule has 0 fully saturated rings. The molecule has 0 radical (unpaired) electrons. The van der Waals surface area contributed by atoms with Gasteiger partial charge in [-0.05, 0) is 30.3 Å². The van der Waals surface area contributed by atoms with Gasteiger partial charge in [0.1, 0.15) is 11.9 Å². The Balaban J connectivity index is 2.39. The molecular formula is C16H9ClN4. The molecule has 4 nitrogen and oxygen atoms in total. The van der Waals surface area contributed by atoms with Crippen molar-refractivity contribution in [2.45, 2.75) is 6.42 Å². The van der Waals surface area contributed by atoms with Crippen molar-refractivity contribution in [2.24, 2.45) is 0 Å². The maximum Gasteiger partial charge on any atom is 0.128 e. The summed E-state index contributed by atoms with van der Waals surface area (Å²) in [6, 6.07) is 16.9. The largest absolute Gasteiger partial charge is 0.294 e. The van der Waals surface area contributed by atoms with Crippen LogP contribution in [0.3, 0.4) is 0 Å². The lowest BCUT2D eigenvalue weighted by Gasteiger charge is -2.10. The summed E-state index contributed by atoms with van der Waals surface area (Å²) in [6.45, 7) is 0. The van der Waals surface area contributed by atoms with Crippen molar-refractivity contribution in [1.82, 2.24) is 9.55 Å². The normalized spacial score (nSPS) is 10.2. The highest BCUT2D eigenvalue weighted by Gasteiger charge is 2.15. The average Bonchev–Trinajstić information content (AvgIpc) is 2.85. The summed E-state index contributed by atoms with van der Waals surface area (Å²) < 4.78 is 1.82. The van der Waals surface area contributed by atoms with Crippen LogP contribution in [0.4, 0.5) is 0 Å². The molecule has 0 saturated heterocycles. The minimum absolute atomic E-state index is 0.159. The van der Waals surface area contributed by atoms with Crippen LogP contribution in [0.25, 0.3) is 16.7 Å². The number of para-hydroxylation sites is 2. The number of benzene rings is 2. The van der Waals surface area contributed by atoms with E-state index in [1.54, 1.807) is 18.2 Å². The SMILES string of the molecule is N#CCc1nc2ccccc2n1-c1cc(Cl)ccc1C#N. The smallest absolute Gasteiger partial charge is 0.128 e. The van der Waals surface area contributed by atoms with Crippen LogP contribution < -0.4 is 0 Å². The van der Waals surface area contributed by atoms with E-state index in [9.17, 15) is 5.26 Å². The summed E-state index contributed by atoms with van der Waals surface area (Å²) in [5, 5.41) is 18.8. The molecule has 2 aromatic carbocycles. The molecule has 0 unspecified atom stereocenters. The zero-order chi connectivity index (χ0) is 14.8. The molecule has 0 bridgehead atoms. The van der Waals surface area contributed by atoms with Crippen LogP contribution in [-0.4, -0.2) is 9.55 Å². The molecule has 5 heteroatoms. The maximum absolute atomic E-state index is 9.31. The zero-order valence-electron chi connectivity index (χ0n) is 10.9. The van der Waals surface area contributed by atoms with Crippen molar-refractivity contribution in [2.75, 3.05) is 0 Å². The summed E-state index contributed by atoms with van der Waals surface area (Å²) in [6.07, 6.45) is 0.159. The number of hydrogen-bond donors (Lipinski definition) is 0. The van der Waals surface area contributed by atoms with Crippen molar-refractivity contribution in [3.05, 3.63) is 58.9 Å². The van der Waals surface area contributed by atoms with Gasteiger partial charge in [-0.3, -0.25) is 4.57 Å². The summed E-state index contributed by atoms with van der Waals surface area (Å²) in [4.78, 5) is 4.47. The van der Waals surface area contributed by atoms with Crippen LogP contribution in [0.2, 0.25) is 5.02 Å². The van der Waals surface area contributed by atoms with Gasteiger partial charge in [0.05, 0.1) is 34.8 Å². The number of hydrogen-bond acceptors (Lipinski definition) is 3. The molecule has 0 atom stereocenters. The van der Waals surface area contributed by atoms with E-state index in [2.05, 4.69) is 17.1 Å². The number of aromatic nitrogens is 2. The van der Waals surface area contributed by atoms with Crippen molar-refractivity contribution in [1.29, 1.82) is 10.5 Å². The van der Waals surface area contributed by atoms with Crippen molar-refractivity contribution < 1.29 is 0 Å². The predicted molar refractivity (Wildman–Crippen MR) is 80.1 cm³/mol. The first kappa shape index (κ1) is 13.2. The molecule has 0 aliphatic heterocycles. The standard InChI is InChI=1S/C16H9ClN4/c17-12-6-5-11(10-19)15(9-12)21-14-4-2-1-3-13(14)20-16(21)7-8-18/h1-6,9H,7H2. The molecule has 0 amide bonds. The zero-order valence-corrected chi connectivity index (χ0v) is 11.7. The highest BCUT2D eigenvalue weighted by molar-refractivity contribution is 6.30. The summed E-state index contributed by atoms with van der Waals surface area (Å²) in [7, 11) is 0. The van der Waals surface area contributed by atoms with Gasteiger partial charge in [-0.25, -0.2) is 4.98 Å². The number of halogens is 1. The van der Waals surface area contributed by atoms with Crippen molar-refractivity contribution >= 4 is 22.6 Å². The van der Waals surface area contributed by atoms with Gasteiger partial charge in [0.25, 0.3) is 0 Å². The van der Waals surface area contributed by atoms with E-state index < -0.39 is 0 Å². The van der Waals surface area contributed by atoms with Crippen LogP contribution in [-0.2, 0) is 6.42 Å². The first-order chi connectivity index (χ1) is 10.2. The van der Waals surface area contributed by atoms with E-state index in [-0.39, 0.29) is 6.42 Å². The third-order valence-corrected chi connectivity index (χ3v) is 3.42. The number of rotatable bonds is 2. The molecule has 100 valence electrons. The second kappa shape index (κ2) is 5.28. The Hall–Kier alpha value is -2.82. The molecule has 3 aromatic rings. The van der Waals surface area contributed by atoms with Gasteiger partial charge < -0.3 is 0 Å². The van der Waals surface area contributed by atoms with Gasteiger partial charge in [0, 0.05) is 5.02 Å². The molecule has 0 N–H and O–H groups in total. The molecule has 0 spiro atoms. The molecule has 3 rings (SSSR count). The van der Waals surface area contributed by atoms with E-state index in [1.807, 2.05) is 28.8 Å². The van der Waals surface area contributed by atoms with Crippen LogP contribution in [0.5, 0.6) is 0 Å². The first-order valence-corrected chi connectivity index (χ1v) is 6.65. The molecule has 0 aliphatic rings. The van der Waals surface area contributed by atoms with Crippen molar-refractivity contribution in [3.8, 4) is 17.8 Å². The van der Waals surface area contributed by atoms with Gasteiger partial charge in [-0.2, -0.15) is 10.5 Å². The van der Waals surface area contributed by atoms with E-state index in [1.165, 1.54) is 0 Å². The molecule has 1 aromatic heterocycles. The van der Waals surface area contributed by atoms with E-state index >= 15 is 0 Å². The second-order valence-electron chi connectivity index (χ2n) is 4.46. The Labute approximate surface area is 126 Å². The van der Waals surface area contributed by atoms with E-state index in [0.717, 1.165) is 11.0 Å². The Morgan fingerprint density at radius 3 is 2.71 bits per heavy atom. The van der Waals surface area contributed by atoms with Gasteiger partial charge in [0.2, 0.25) is 0 Å². The Morgan fingerprint density at radius 2 is 1.95 bits per heavy atom. The lowest BCUT2D eigenvalue weighted by molar-refractivity contribution is 0.951. The van der Waals surface area contributed by atoms with Crippen LogP contribution >= 0.6 is 11.6 Å². The highest BCUT2D eigenvalue weighted by atomic mass is 35.5. The Kier molecular flexibility index (Phi) is 3.31. The third-order valence-electron chi connectivity index (χ3n) is 3.19. The number of nitriles is 2. The minimum Gasteiger partial charge on any atom is -0.294 e. The Bertz CT molecular complexity index is 912. The molecule has 0 saturated carbocycles. The quantitative estimate of drug-likeness (QED) is 0.724. The van der Waals surface area contributed by atoms with E-state index in [0.29, 0.717) is 22.1 Å². The van der Waals surface area contributed by atoms with Crippen LogP contribution in [0, 0.1) is 22.7 Å². The average molecular weight is 293 g/mol. The van der Waals surface area contributed by atoms with Gasteiger partial charge in [-0.15, -0.1) is 0 Å². The lowest BCUT2D eigenvalue weighted by atomic mass is 10.2. The van der Waals surface area contributed by atoms with Crippen molar-refractivity contribution in [3.63, 3.8) is 0 Å². The fourth-order valence-corrected chi connectivity index (χ4v) is 2.48. The number of fused-ring (bicyclic) bond motifs is 1. The molecular weight excluding hydrogens is 284 g/mol. The molecule has 0 aliphatic carbocycles. The van der Waals surface area contributed by atoms with E-state index in [4.69, 9.17) is 16.9 Å². The summed E-state index contributed by atoms with van der Waals surface area (Å²) in [5.41, 5.74) is 2.76. The Morgan fingerprint density at radius 1 is 1.14 bits per heavy atom. The monoisotopic (exact) mass is 292 g/mol. The third kappa shape index (κ3) is 2.23. The maximum atomic E-state index is 9.31. The summed E-state index contributed by atoms with van der Waals surface area (Å²) in [5.74, 6) is 0.595. The van der Waals surface area contributed by atoms with Gasteiger partial charge in [0.15, 0.2) is 0 Å². The first-order valence-electron chi connectivity index (χ1n) is 6.28. The summed E-state index contributed by atoms with van der Waals surface area (Å²) >= 11 is 6.06. The molecule has 1 heterocycles. The topological polar surface area (TPSA) is 65.4 Å². The minimum atomic E-state index is 0.159. The number of imidazole rings is 1. The lowest BCUT2D eigenvalue weighted by Crippen LogP contribution is -2.03. The van der Waals surface area contributed by atoms with Crippen LogP contribution in [0.1, 0.15) is 11.4 Å².